The van der Waals surface area contributed by atoms with Gasteiger partial charge < -0.3 is 14.4 Å². The van der Waals surface area contributed by atoms with Crippen LogP contribution in [0.1, 0.15) is 12.0 Å². The van der Waals surface area contributed by atoms with Gasteiger partial charge in [-0.25, -0.2) is 4.79 Å². The van der Waals surface area contributed by atoms with E-state index in [1.165, 1.54) is 12.7 Å². The average molecular weight is 292 g/mol. The Morgan fingerprint density at radius 1 is 1.14 bits per heavy atom. The Hall–Kier alpha value is -1.75. The van der Waals surface area contributed by atoms with E-state index >= 15 is 0 Å². The lowest BCUT2D eigenvalue weighted by atomic mass is 10.1. The number of nitrogens with zero attached hydrogens (tertiary/aromatic N) is 2. The number of carbonyl (C=O) groups is 1. The number of hydrogen-bond acceptors (Lipinski definition) is 4. The minimum absolute atomic E-state index is 0.219. The number of rotatable bonds is 5. The highest BCUT2D eigenvalue weighted by Crippen LogP contribution is 2.19. The Balaban J connectivity index is 1.72. The zero-order valence-corrected chi connectivity index (χ0v) is 12.9. The summed E-state index contributed by atoms with van der Waals surface area (Å²) in [5.41, 5.74) is 1.26. The van der Waals surface area contributed by atoms with Gasteiger partial charge in [-0.3, -0.25) is 4.90 Å². The lowest BCUT2D eigenvalue weighted by Crippen LogP contribution is -2.48. The molecule has 21 heavy (non-hydrogen) atoms. The minimum atomic E-state index is -0.219. The third-order valence-corrected chi connectivity index (χ3v) is 3.92. The van der Waals surface area contributed by atoms with E-state index in [-0.39, 0.29) is 6.09 Å². The van der Waals surface area contributed by atoms with Crippen LogP contribution in [0, 0.1) is 0 Å². The fourth-order valence-electron chi connectivity index (χ4n) is 2.69. The van der Waals surface area contributed by atoms with Gasteiger partial charge in [0.25, 0.3) is 0 Å². The summed E-state index contributed by atoms with van der Waals surface area (Å²) in [6, 6.07) is 8.17. The minimum Gasteiger partial charge on any atom is -0.496 e. The van der Waals surface area contributed by atoms with Crippen LogP contribution in [0.4, 0.5) is 4.79 Å². The molecule has 5 nitrogen and oxygen atoms in total. The van der Waals surface area contributed by atoms with Gasteiger partial charge in [-0.05, 0) is 31.0 Å². The topological polar surface area (TPSA) is 42.0 Å². The van der Waals surface area contributed by atoms with Crippen molar-refractivity contribution < 1.29 is 14.3 Å². The van der Waals surface area contributed by atoms with Gasteiger partial charge in [-0.1, -0.05) is 18.2 Å². The van der Waals surface area contributed by atoms with Gasteiger partial charge in [0.15, 0.2) is 0 Å². The third-order valence-electron chi connectivity index (χ3n) is 3.92. The number of ether oxygens (including phenoxy) is 2. The van der Waals surface area contributed by atoms with Gasteiger partial charge in [0, 0.05) is 26.2 Å². The van der Waals surface area contributed by atoms with Crippen LogP contribution in [0.25, 0.3) is 0 Å². The fraction of sp³-hybridized carbons (Fsp3) is 0.562. The summed E-state index contributed by atoms with van der Waals surface area (Å²) in [6.45, 7) is 4.39. The molecular formula is C16H24N2O3. The molecule has 0 radical (unpaired) electrons. The van der Waals surface area contributed by atoms with Crippen molar-refractivity contribution in [1.82, 2.24) is 9.80 Å². The second-order valence-corrected chi connectivity index (χ2v) is 5.21. The lowest BCUT2D eigenvalue weighted by Gasteiger charge is -2.33. The highest BCUT2D eigenvalue weighted by atomic mass is 16.5. The molecule has 5 heteroatoms. The first-order chi connectivity index (χ1) is 10.2. The first kappa shape index (κ1) is 15.6. The molecule has 0 N–H and O–H groups in total. The standard InChI is InChI=1S/C16H24N2O3/c1-20-15-8-4-3-6-14(15)7-5-9-17-10-12-18(13-11-17)16(19)21-2/h3-4,6,8H,5,7,9-13H2,1-2H3. The van der Waals surface area contributed by atoms with Crippen LogP contribution in [-0.2, 0) is 11.2 Å². The number of benzene rings is 1. The number of hydrogen-bond donors (Lipinski definition) is 0. The Morgan fingerprint density at radius 3 is 2.52 bits per heavy atom. The van der Waals surface area contributed by atoms with Crippen molar-refractivity contribution in [2.45, 2.75) is 12.8 Å². The van der Waals surface area contributed by atoms with Crippen molar-refractivity contribution in [2.24, 2.45) is 0 Å². The summed E-state index contributed by atoms with van der Waals surface area (Å²) in [4.78, 5) is 15.6. The van der Waals surface area contributed by atoms with E-state index < -0.39 is 0 Å². The van der Waals surface area contributed by atoms with Crippen molar-refractivity contribution in [3.05, 3.63) is 29.8 Å². The van der Waals surface area contributed by atoms with Crippen molar-refractivity contribution in [3.63, 3.8) is 0 Å². The molecule has 2 rings (SSSR count). The molecule has 1 aromatic rings. The zero-order valence-electron chi connectivity index (χ0n) is 12.9. The molecule has 116 valence electrons. The maximum Gasteiger partial charge on any atom is 0.409 e. The van der Waals surface area contributed by atoms with Gasteiger partial charge in [0.1, 0.15) is 5.75 Å². The summed E-state index contributed by atoms with van der Waals surface area (Å²) >= 11 is 0. The molecule has 1 heterocycles. The smallest absolute Gasteiger partial charge is 0.409 e. The first-order valence-electron chi connectivity index (χ1n) is 7.41. The second kappa shape index (κ2) is 7.88. The predicted molar refractivity (Wildman–Crippen MR) is 81.7 cm³/mol. The van der Waals surface area contributed by atoms with Crippen LogP contribution in [0.5, 0.6) is 5.75 Å². The SMILES string of the molecule is COC(=O)N1CCN(CCCc2ccccc2OC)CC1. The molecule has 0 aliphatic carbocycles. The number of carbonyl (C=O) groups excluding carboxylic acids is 1. The number of methoxy groups -OCH3 is 2. The van der Waals surface area contributed by atoms with Gasteiger partial charge in [-0.2, -0.15) is 0 Å². The van der Waals surface area contributed by atoms with Gasteiger partial charge in [0.05, 0.1) is 14.2 Å². The molecule has 0 spiro atoms. The molecule has 1 aliphatic heterocycles. The molecule has 1 fully saturated rings. The summed E-state index contributed by atoms with van der Waals surface area (Å²) in [5.74, 6) is 0.966. The molecule has 0 saturated carbocycles. The van der Waals surface area contributed by atoms with E-state index in [1.54, 1.807) is 12.0 Å². The van der Waals surface area contributed by atoms with Crippen molar-refractivity contribution >= 4 is 6.09 Å². The maximum atomic E-state index is 11.4. The number of para-hydroxylation sites is 1. The molecule has 0 atom stereocenters. The monoisotopic (exact) mass is 292 g/mol. The summed E-state index contributed by atoms with van der Waals surface area (Å²) in [5, 5.41) is 0. The van der Waals surface area contributed by atoms with Gasteiger partial charge in [0.2, 0.25) is 0 Å². The zero-order chi connectivity index (χ0) is 15.1. The van der Waals surface area contributed by atoms with Gasteiger partial charge >= 0.3 is 6.09 Å². The van der Waals surface area contributed by atoms with Gasteiger partial charge in [-0.15, -0.1) is 0 Å². The fourth-order valence-corrected chi connectivity index (χ4v) is 2.69. The van der Waals surface area contributed by atoms with E-state index in [9.17, 15) is 4.79 Å². The molecule has 1 aliphatic rings. The number of piperazine rings is 1. The van der Waals surface area contributed by atoms with Crippen LogP contribution in [0.15, 0.2) is 24.3 Å². The normalized spacial score (nSPS) is 15.8. The highest BCUT2D eigenvalue weighted by Gasteiger charge is 2.20. The van der Waals surface area contributed by atoms with E-state index in [0.29, 0.717) is 0 Å². The van der Waals surface area contributed by atoms with Crippen LogP contribution >= 0.6 is 0 Å². The van der Waals surface area contributed by atoms with Crippen LogP contribution < -0.4 is 4.74 Å². The molecule has 1 saturated heterocycles. The Labute approximate surface area is 126 Å². The molecule has 1 amide bonds. The Kier molecular flexibility index (Phi) is 5.87. The molecular weight excluding hydrogens is 268 g/mol. The molecule has 0 bridgehead atoms. The van der Waals surface area contributed by atoms with Crippen molar-refractivity contribution in [1.29, 1.82) is 0 Å². The van der Waals surface area contributed by atoms with E-state index in [1.807, 2.05) is 18.2 Å². The van der Waals surface area contributed by atoms with Crippen LogP contribution in [-0.4, -0.2) is 62.8 Å². The number of aryl methyl sites for hydroxylation is 1. The van der Waals surface area contributed by atoms with E-state index in [0.717, 1.165) is 51.3 Å². The second-order valence-electron chi connectivity index (χ2n) is 5.21. The third kappa shape index (κ3) is 4.36. The Morgan fingerprint density at radius 2 is 1.86 bits per heavy atom. The Bertz CT molecular complexity index is 457. The van der Waals surface area contributed by atoms with Crippen LogP contribution in [0.3, 0.4) is 0 Å². The summed E-state index contributed by atoms with van der Waals surface area (Å²) < 4.78 is 10.1. The molecule has 0 aromatic heterocycles. The molecule has 1 aromatic carbocycles. The average Bonchev–Trinajstić information content (AvgIpc) is 2.55. The summed E-state index contributed by atoms with van der Waals surface area (Å²) in [7, 11) is 3.15. The van der Waals surface area contributed by atoms with E-state index in [4.69, 9.17) is 9.47 Å². The van der Waals surface area contributed by atoms with E-state index in [2.05, 4.69) is 11.0 Å². The first-order valence-corrected chi connectivity index (χ1v) is 7.41. The van der Waals surface area contributed by atoms with Crippen molar-refractivity contribution in [3.8, 4) is 5.75 Å². The summed E-state index contributed by atoms with van der Waals surface area (Å²) in [6.07, 6.45) is 1.89. The quantitative estimate of drug-likeness (QED) is 0.832. The van der Waals surface area contributed by atoms with Crippen molar-refractivity contribution in [2.75, 3.05) is 46.9 Å². The predicted octanol–water partition coefficient (Wildman–Crippen LogP) is 2.01. The number of amides is 1. The molecule has 0 unspecified atom stereocenters. The van der Waals surface area contributed by atoms with Crippen LogP contribution in [0.2, 0.25) is 0 Å². The largest absolute Gasteiger partial charge is 0.496 e. The highest BCUT2D eigenvalue weighted by molar-refractivity contribution is 5.67. The maximum absolute atomic E-state index is 11.4. The lowest BCUT2D eigenvalue weighted by molar-refractivity contribution is 0.0907.